The van der Waals surface area contributed by atoms with E-state index in [-0.39, 0.29) is 0 Å². The smallest absolute Gasteiger partial charge is 0.122 e. The summed E-state index contributed by atoms with van der Waals surface area (Å²) in [6.45, 7) is 7.27. The van der Waals surface area contributed by atoms with E-state index in [1.165, 1.54) is 38.6 Å². The molecule has 0 amide bonds. The van der Waals surface area contributed by atoms with Crippen LogP contribution in [-0.4, -0.2) is 17.5 Å². The van der Waals surface area contributed by atoms with Gasteiger partial charge in [-0.1, -0.05) is 26.7 Å². The zero-order valence-corrected chi connectivity index (χ0v) is 12.4. The standard InChI is InChI=1S/C16H28N2O/c1-13(2)7-9-18(15-5-3-4-6-15)12-16-14(11-17)8-10-19-16/h8,10,13,15H,3-7,9,11-12,17H2,1-2H3. The van der Waals surface area contributed by atoms with Gasteiger partial charge in [-0.15, -0.1) is 0 Å². The molecule has 0 saturated heterocycles. The summed E-state index contributed by atoms with van der Waals surface area (Å²) in [5.74, 6) is 1.83. The normalized spacial score (nSPS) is 16.9. The minimum Gasteiger partial charge on any atom is -0.468 e. The highest BCUT2D eigenvalue weighted by Crippen LogP contribution is 2.26. The fourth-order valence-corrected chi connectivity index (χ4v) is 2.96. The molecule has 1 aliphatic rings. The van der Waals surface area contributed by atoms with Crippen molar-refractivity contribution in [1.82, 2.24) is 4.90 Å². The van der Waals surface area contributed by atoms with Gasteiger partial charge in [-0.3, -0.25) is 4.90 Å². The van der Waals surface area contributed by atoms with Crippen LogP contribution in [0.1, 0.15) is 57.3 Å². The van der Waals surface area contributed by atoms with E-state index in [0.717, 1.165) is 29.8 Å². The molecule has 2 rings (SSSR count). The molecule has 3 nitrogen and oxygen atoms in total. The Bertz CT molecular complexity index is 367. The lowest BCUT2D eigenvalue weighted by atomic mass is 10.1. The number of nitrogens with zero attached hydrogens (tertiary/aromatic N) is 1. The topological polar surface area (TPSA) is 42.4 Å². The Kier molecular flexibility index (Phi) is 5.46. The SMILES string of the molecule is CC(C)CCN(Cc1occc1CN)C1CCCC1. The van der Waals surface area contributed by atoms with E-state index >= 15 is 0 Å². The summed E-state index contributed by atoms with van der Waals surface area (Å²) in [5, 5.41) is 0. The highest BCUT2D eigenvalue weighted by atomic mass is 16.3. The molecular weight excluding hydrogens is 236 g/mol. The van der Waals surface area contributed by atoms with Gasteiger partial charge in [0.15, 0.2) is 0 Å². The average Bonchev–Trinajstić information content (AvgIpc) is 3.04. The van der Waals surface area contributed by atoms with Gasteiger partial charge in [-0.05, 0) is 37.8 Å². The number of furan rings is 1. The summed E-state index contributed by atoms with van der Waals surface area (Å²) in [5.41, 5.74) is 6.93. The van der Waals surface area contributed by atoms with Gasteiger partial charge in [0.25, 0.3) is 0 Å². The van der Waals surface area contributed by atoms with E-state index in [1.807, 2.05) is 6.07 Å². The minimum absolute atomic E-state index is 0.578. The third-order valence-corrected chi connectivity index (χ3v) is 4.24. The van der Waals surface area contributed by atoms with Gasteiger partial charge in [0, 0.05) is 18.2 Å². The number of rotatable bonds is 7. The number of hydrogen-bond acceptors (Lipinski definition) is 3. The second-order valence-electron chi connectivity index (χ2n) is 6.16. The van der Waals surface area contributed by atoms with Crippen molar-refractivity contribution in [3.05, 3.63) is 23.7 Å². The predicted octanol–water partition coefficient (Wildman–Crippen LogP) is 3.53. The van der Waals surface area contributed by atoms with Gasteiger partial charge in [-0.2, -0.15) is 0 Å². The Morgan fingerprint density at radius 3 is 2.74 bits per heavy atom. The molecule has 0 bridgehead atoms. The van der Waals surface area contributed by atoms with Gasteiger partial charge in [0.2, 0.25) is 0 Å². The maximum absolute atomic E-state index is 5.77. The Morgan fingerprint density at radius 2 is 2.11 bits per heavy atom. The molecule has 0 spiro atoms. The van der Waals surface area contributed by atoms with Crippen LogP contribution in [0.4, 0.5) is 0 Å². The van der Waals surface area contributed by atoms with Crippen molar-refractivity contribution in [2.75, 3.05) is 6.54 Å². The molecule has 1 aromatic rings. The van der Waals surface area contributed by atoms with Gasteiger partial charge in [-0.25, -0.2) is 0 Å². The largest absolute Gasteiger partial charge is 0.468 e. The molecule has 3 heteroatoms. The molecule has 0 unspecified atom stereocenters. The van der Waals surface area contributed by atoms with Gasteiger partial charge in [0.05, 0.1) is 12.8 Å². The molecule has 0 aromatic carbocycles. The van der Waals surface area contributed by atoms with Gasteiger partial charge in [0.1, 0.15) is 5.76 Å². The zero-order chi connectivity index (χ0) is 13.7. The minimum atomic E-state index is 0.578. The fraction of sp³-hybridized carbons (Fsp3) is 0.750. The monoisotopic (exact) mass is 264 g/mol. The maximum Gasteiger partial charge on any atom is 0.122 e. The summed E-state index contributed by atoms with van der Waals surface area (Å²) < 4.78 is 5.63. The van der Waals surface area contributed by atoms with E-state index in [4.69, 9.17) is 10.2 Å². The number of nitrogens with two attached hydrogens (primary N) is 1. The van der Waals surface area contributed by atoms with Crippen LogP contribution in [0.25, 0.3) is 0 Å². The van der Waals surface area contributed by atoms with Crippen LogP contribution in [0.2, 0.25) is 0 Å². The molecule has 2 N–H and O–H groups in total. The molecule has 1 aromatic heterocycles. The first-order valence-electron chi connectivity index (χ1n) is 7.70. The lowest BCUT2D eigenvalue weighted by Crippen LogP contribution is -2.34. The van der Waals surface area contributed by atoms with Crippen LogP contribution < -0.4 is 5.73 Å². The van der Waals surface area contributed by atoms with Crippen molar-refractivity contribution in [3.8, 4) is 0 Å². The second kappa shape index (κ2) is 7.11. The first-order chi connectivity index (χ1) is 9.20. The highest BCUT2D eigenvalue weighted by Gasteiger charge is 2.24. The molecule has 0 aliphatic heterocycles. The summed E-state index contributed by atoms with van der Waals surface area (Å²) in [4.78, 5) is 2.62. The second-order valence-corrected chi connectivity index (χ2v) is 6.16. The summed E-state index contributed by atoms with van der Waals surface area (Å²) in [6.07, 6.45) is 8.48. The van der Waals surface area contributed by atoms with Crippen LogP contribution >= 0.6 is 0 Å². The van der Waals surface area contributed by atoms with Crippen LogP contribution in [0.5, 0.6) is 0 Å². The van der Waals surface area contributed by atoms with E-state index in [9.17, 15) is 0 Å². The molecular formula is C16H28N2O. The van der Waals surface area contributed by atoms with E-state index in [2.05, 4.69) is 18.7 Å². The Morgan fingerprint density at radius 1 is 1.37 bits per heavy atom. The van der Waals surface area contributed by atoms with Crippen molar-refractivity contribution in [1.29, 1.82) is 0 Å². The van der Waals surface area contributed by atoms with Crippen LogP contribution in [0.15, 0.2) is 16.7 Å². The predicted molar refractivity (Wildman–Crippen MR) is 78.7 cm³/mol. The van der Waals surface area contributed by atoms with E-state index < -0.39 is 0 Å². The van der Waals surface area contributed by atoms with Crippen LogP contribution in [0.3, 0.4) is 0 Å². The summed E-state index contributed by atoms with van der Waals surface area (Å²) >= 11 is 0. The zero-order valence-electron chi connectivity index (χ0n) is 12.4. The Balaban J connectivity index is 1.99. The van der Waals surface area contributed by atoms with Crippen LogP contribution in [0, 0.1) is 5.92 Å². The fourth-order valence-electron chi connectivity index (χ4n) is 2.96. The first-order valence-corrected chi connectivity index (χ1v) is 7.70. The lowest BCUT2D eigenvalue weighted by molar-refractivity contribution is 0.166. The average molecular weight is 264 g/mol. The number of hydrogen-bond donors (Lipinski definition) is 1. The lowest BCUT2D eigenvalue weighted by Gasteiger charge is -2.29. The molecule has 19 heavy (non-hydrogen) atoms. The third-order valence-electron chi connectivity index (χ3n) is 4.24. The van der Waals surface area contributed by atoms with E-state index in [1.54, 1.807) is 6.26 Å². The molecule has 0 atom stereocenters. The quantitative estimate of drug-likeness (QED) is 0.819. The van der Waals surface area contributed by atoms with Gasteiger partial charge < -0.3 is 10.2 Å². The molecule has 108 valence electrons. The Hall–Kier alpha value is -0.800. The van der Waals surface area contributed by atoms with Crippen molar-refractivity contribution in [2.45, 2.75) is 65.1 Å². The molecule has 0 radical (unpaired) electrons. The van der Waals surface area contributed by atoms with Crippen molar-refractivity contribution < 1.29 is 4.42 Å². The van der Waals surface area contributed by atoms with Crippen molar-refractivity contribution >= 4 is 0 Å². The van der Waals surface area contributed by atoms with Gasteiger partial charge >= 0.3 is 0 Å². The molecule has 1 aliphatic carbocycles. The third kappa shape index (κ3) is 4.08. The first kappa shape index (κ1) is 14.6. The van der Waals surface area contributed by atoms with Crippen molar-refractivity contribution in [2.24, 2.45) is 11.7 Å². The maximum atomic E-state index is 5.77. The molecule has 1 saturated carbocycles. The summed E-state index contributed by atoms with van der Waals surface area (Å²) in [7, 11) is 0. The highest BCUT2D eigenvalue weighted by molar-refractivity contribution is 5.16. The van der Waals surface area contributed by atoms with E-state index in [0.29, 0.717) is 6.54 Å². The summed E-state index contributed by atoms with van der Waals surface area (Å²) in [6, 6.07) is 2.75. The molecule has 1 heterocycles. The van der Waals surface area contributed by atoms with Crippen molar-refractivity contribution in [3.63, 3.8) is 0 Å². The van der Waals surface area contributed by atoms with Crippen LogP contribution in [-0.2, 0) is 13.1 Å². The Labute approximate surface area is 117 Å². The molecule has 1 fully saturated rings.